The van der Waals surface area contributed by atoms with E-state index in [2.05, 4.69) is 9.71 Å². The molecule has 0 bridgehead atoms. The molecule has 1 aliphatic rings. The molecule has 0 atom stereocenters. The van der Waals surface area contributed by atoms with E-state index in [1.54, 1.807) is 6.20 Å². The second kappa shape index (κ2) is 7.93. The Balaban J connectivity index is 1.70. The fourth-order valence-electron chi connectivity index (χ4n) is 3.12. The molecule has 1 aromatic carbocycles. The summed E-state index contributed by atoms with van der Waals surface area (Å²) < 4.78 is 34.4. The Hall–Kier alpha value is -2.65. The van der Waals surface area contributed by atoms with Gasteiger partial charge in [-0.05, 0) is 43.2 Å². The summed E-state index contributed by atoms with van der Waals surface area (Å²) in [5.74, 6) is -0.719. The Kier molecular flexibility index (Phi) is 5.62. The number of anilines is 1. The second-order valence-electron chi connectivity index (χ2n) is 6.26. The lowest BCUT2D eigenvalue weighted by Gasteiger charge is -2.31. The van der Waals surface area contributed by atoms with Crippen LogP contribution in [0.2, 0.25) is 0 Å². The number of rotatable bonds is 6. The van der Waals surface area contributed by atoms with Crippen LogP contribution < -0.4 is 9.46 Å². The van der Waals surface area contributed by atoms with Crippen LogP contribution in [0.4, 0.5) is 5.69 Å². The number of nitrogens with zero attached hydrogens (tertiary/aromatic N) is 2. The number of hydrogen-bond acceptors (Lipinski definition) is 5. The van der Waals surface area contributed by atoms with Crippen LogP contribution >= 0.6 is 0 Å². The summed E-state index contributed by atoms with van der Waals surface area (Å²) in [6, 6.07) is 9.75. The van der Waals surface area contributed by atoms with Gasteiger partial charge in [0.15, 0.2) is 0 Å². The molecule has 0 amide bonds. The predicted molar refractivity (Wildman–Crippen MR) is 100 cm³/mol. The molecule has 144 valence electrons. The third kappa shape index (κ3) is 4.37. The molecule has 3 rings (SSSR count). The molecular weight excluding hydrogens is 370 g/mol. The van der Waals surface area contributed by atoms with Crippen molar-refractivity contribution in [2.45, 2.75) is 18.8 Å². The first-order chi connectivity index (χ1) is 12.9. The van der Waals surface area contributed by atoms with Gasteiger partial charge in [0.2, 0.25) is 0 Å². The number of piperidine rings is 1. The van der Waals surface area contributed by atoms with Gasteiger partial charge in [0.1, 0.15) is 5.75 Å². The average molecular weight is 391 g/mol. The Morgan fingerprint density at radius 3 is 2.59 bits per heavy atom. The number of nitrogens with one attached hydrogen (secondary N) is 1. The summed E-state index contributed by atoms with van der Waals surface area (Å²) in [6.07, 6.45) is 3.12. The first kappa shape index (κ1) is 19.1. The highest BCUT2D eigenvalue weighted by atomic mass is 32.2. The van der Waals surface area contributed by atoms with E-state index in [0.29, 0.717) is 25.9 Å². The summed E-state index contributed by atoms with van der Waals surface area (Å²) >= 11 is 0. The normalized spacial score (nSPS) is 16.0. The van der Waals surface area contributed by atoms with Gasteiger partial charge in [-0.1, -0.05) is 6.07 Å². The lowest BCUT2D eigenvalue weighted by molar-refractivity contribution is 0.0696. The number of aromatic carboxylic acids is 1. The number of methoxy groups -OCH3 is 1. The zero-order valence-electron chi connectivity index (χ0n) is 14.8. The number of aromatic nitrogens is 1. The van der Waals surface area contributed by atoms with E-state index in [-0.39, 0.29) is 22.9 Å². The highest BCUT2D eigenvalue weighted by molar-refractivity contribution is 7.90. The van der Waals surface area contributed by atoms with Gasteiger partial charge in [-0.2, -0.15) is 12.7 Å². The summed E-state index contributed by atoms with van der Waals surface area (Å²) in [4.78, 5) is 15.4. The minimum absolute atomic E-state index is 0.0194. The highest BCUT2D eigenvalue weighted by Gasteiger charge is 2.29. The first-order valence-electron chi connectivity index (χ1n) is 8.51. The zero-order valence-corrected chi connectivity index (χ0v) is 15.6. The third-order valence-electron chi connectivity index (χ3n) is 4.59. The Morgan fingerprint density at radius 1 is 1.26 bits per heavy atom. The zero-order chi connectivity index (χ0) is 19.4. The van der Waals surface area contributed by atoms with Crippen LogP contribution in [0.5, 0.6) is 5.75 Å². The monoisotopic (exact) mass is 391 g/mol. The van der Waals surface area contributed by atoms with Gasteiger partial charge in [-0.25, -0.2) is 4.79 Å². The molecule has 0 saturated carbocycles. The first-order valence-corrected chi connectivity index (χ1v) is 9.95. The smallest absolute Gasteiger partial charge is 0.335 e. The maximum Gasteiger partial charge on any atom is 0.335 e. The SMILES string of the molecule is COc1cc(C(=O)O)ccc1NS(=O)(=O)N1CCC(c2ccccn2)CC1. The number of carbonyl (C=O) groups is 1. The molecule has 1 fully saturated rings. The van der Waals surface area contributed by atoms with Crippen LogP contribution in [0, 0.1) is 0 Å². The summed E-state index contributed by atoms with van der Waals surface area (Å²) in [5, 5.41) is 9.04. The number of ether oxygens (including phenoxy) is 1. The number of carboxylic acids is 1. The van der Waals surface area contributed by atoms with Gasteiger partial charge < -0.3 is 9.84 Å². The van der Waals surface area contributed by atoms with E-state index in [4.69, 9.17) is 9.84 Å². The van der Waals surface area contributed by atoms with Gasteiger partial charge in [-0.15, -0.1) is 0 Å². The molecule has 0 unspecified atom stereocenters. The van der Waals surface area contributed by atoms with Crippen molar-refractivity contribution < 1.29 is 23.1 Å². The van der Waals surface area contributed by atoms with Crippen LogP contribution in [-0.4, -0.2) is 49.0 Å². The Labute approximate surface area is 158 Å². The Morgan fingerprint density at radius 2 is 2.00 bits per heavy atom. The third-order valence-corrected chi connectivity index (χ3v) is 6.11. The number of carboxylic acid groups (broad SMARTS) is 1. The predicted octanol–water partition coefficient (Wildman–Crippen LogP) is 2.32. The Bertz CT molecular complexity index is 910. The van der Waals surface area contributed by atoms with Gasteiger partial charge in [0.25, 0.3) is 0 Å². The summed E-state index contributed by atoms with van der Waals surface area (Å²) in [6.45, 7) is 0.762. The molecular formula is C18H21N3O5S. The van der Waals surface area contributed by atoms with E-state index in [1.165, 1.54) is 29.6 Å². The van der Waals surface area contributed by atoms with Crippen molar-refractivity contribution in [1.82, 2.24) is 9.29 Å². The molecule has 1 saturated heterocycles. The van der Waals surface area contributed by atoms with E-state index in [9.17, 15) is 13.2 Å². The molecule has 2 aromatic rings. The average Bonchev–Trinajstić information content (AvgIpc) is 2.68. The van der Waals surface area contributed by atoms with Crippen molar-refractivity contribution in [2.75, 3.05) is 24.9 Å². The van der Waals surface area contributed by atoms with Crippen LogP contribution in [-0.2, 0) is 10.2 Å². The van der Waals surface area contributed by atoms with Crippen molar-refractivity contribution >= 4 is 21.9 Å². The van der Waals surface area contributed by atoms with Crippen molar-refractivity contribution in [1.29, 1.82) is 0 Å². The quantitative estimate of drug-likeness (QED) is 0.782. The molecule has 0 aliphatic carbocycles. The van der Waals surface area contributed by atoms with Crippen molar-refractivity contribution in [3.05, 3.63) is 53.9 Å². The van der Waals surface area contributed by atoms with Gasteiger partial charge >= 0.3 is 16.2 Å². The topological polar surface area (TPSA) is 109 Å². The maximum atomic E-state index is 12.7. The summed E-state index contributed by atoms with van der Waals surface area (Å²) in [5.41, 5.74) is 1.20. The molecule has 8 nitrogen and oxygen atoms in total. The van der Waals surface area contributed by atoms with Crippen LogP contribution in [0.15, 0.2) is 42.6 Å². The van der Waals surface area contributed by atoms with Crippen molar-refractivity contribution in [3.8, 4) is 5.75 Å². The van der Waals surface area contributed by atoms with Crippen LogP contribution in [0.3, 0.4) is 0 Å². The maximum absolute atomic E-state index is 12.7. The van der Waals surface area contributed by atoms with Crippen molar-refractivity contribution in [3.63, 3.8) is 0 Å². The largest absolute Gasteiger partial charge is 0.495 e. The lowest BCUT2D eigenvalue weighted by Crippen LogP contribution is -2.41. The molecule has 27 heavy (non-hydrogen) atoms. The number of benzene rings is 1. The lowest BCUT2D eigenvalue weighted by atomic mass is 9.94. The van der Waals surface area contributed by atoms with E-state index >= 15 is 0 Å². The fourth-order valence-corrected chi connectivity index (χ4v) is 4.39. The van der Waals surface area contributed by atoms with E-state index < -0.39 is 16.2 Å². The molecule has 0 radical (unpaired) electrons. The standard InChI is InChI=1S/C18H21N3O5S/c1-26-17-12-14(18(22)23)5-6-16(17)20-27(24,25)21-10-7-13(8-11-21)15-4-2-3-9-19-15/h2-6,9,12-13,20H,7-8,10-11H2,1H3,(H,22,23). The van der Waals surface area contributed by atoms with Crippen molar-refractivity contribution in [2.24, 2.45) is 0 Å². The molecule has 9 heteroatoms. The van der Waals surface area contributed by atoms with Gasteiger partial charge in [0.05, 0.1) is 18.4 Å². The van der Waals surface area contributed by atoms with E-state index in [0.717, 1.165) is 5.69 Å². The minimum Gasteiger partial charge on any atom is -0.495 e. The van der Waals surface area contributed by atoms with Crippen LogP contribution in [0.1, 0.15) is 34.8 Å². The summed E-state index contributed by atoms with van der Waals surface area (Å²) in [7, 11) is -2.41. The molecule has 1 aromatic heterocycles. The number of hydrogen-bond donors (Lipinski definition) is 2. The van der Waals surface area contributed by atoms with Gasteiger partial charge in [-0.3, -0.25) is 9.71 Å². The highest BCUT2D eigenvalue weighted by Crippen LogP contribution is 2.30. The van der Waals surface area contributed by atoms with E-state index in [1.807, 2.05) is 18.2 Å². The fraction of sp³-hybridized carbons (Fsp3) is 0.333. The second-order valence-corrected chi connectivity index (χ2v) is 7.93. The number of pyridine rings is 1. The van der Waals surface area contributed by atoms with Gasteiger partial charge in [0, 0.05) is 30.9 Å². The minimum atomic E-state index is -3.77. The van der Waals surface area contributed by atoms with Crippen LogP contribution in [0.25, 0.3) is 0 Å². The molecule has 0 spiro atoms. The molecule has 2 N–H and O–H groups in total. The molecule has 1 aliphatic heterocycles. The molecule has 2 heterocycles.